The van der Waals surface area contributed by atoms with E-state index >= 15 is 0 Å². The van der Waals surface area contributed by atoms with Crippen LogP contribution in [0, 0.1) is 6.92 Å². The highest BCUT2D eigenvalue weighted by Gasteiger charge is 2.02. The number of hydrogen-bond acceptors (Lipinski definition) is 5. The van der Waals surface area contributed by atoms with Gasteiger partial charge in [0.1, 0.15) is 11.8 Å². The Balaban J connectivity index is 2.88. The van der Waals surface area contributed by atoms with E-state index in [2.05, 4.69) is 19.9 Å². The molecule has 0 aliphatic rings. The minimum atomic E-state index is -0.111. The summed E-state index contributed by atoms with van der Waals surface area (Å²) in [5.41, 5.74) is 1.75. The van der Waals surface area contributed by atoms with Gasteiger partial charge in [-0.25, -0.2) is 19.9 Å². The molecule has 0 aliphatic carbocycles. The summed E-state index contributed by atoms with van der Waals surface area (Å²) < 4.78 is 0. The minimum absolute atomic E-state index is 0.111. The molecule has 0 bridgehead atoms. The lowest BCUT2D eigenvalue weighted by molar-refractivity contribution is 0.453. The van der Waals surface area contributed by atoms with Gasteiger partial charge in [-0.3, -0.25) is 0 Å². The molecule has 0 amide bonds. The molecule has 0 radical (unpaired) electrons. The van der Waals surface area contributed by atoms with Crippen LogP contribution in [-0.2, 0) is 0 Å². The maximum atomic E-state index is 9.03. The van der Waals surface area contributed by atoms with E-state index in [4.69, 9.17) is 5.11 Å². The molecule has 0 atom stereocenters. The molecule has 5 heteroatoms. The van der Waals surface area contributed by atoms with Crippen molar-refractivity contribution in [2.24, 2.45) is 0 Å². The summed E-state index contributed by atoms with van der Waals surface area (Å²) in [7, 11) is 0. The topological polar surface area (TPSA) is 71.8 Å². The molecule has 2 aromatic heterocycles. The molecule has 0 spiro atoms. The zero-order valence-electron chi connectivity index (χ0n) is 6.39. The summed E-state index contributed by atoms with van der Waals surface area (Å²) in [5, 5.41) is 9.03. The van der Waals surface area contributed by atoms with E-state index in [1.807, 2.05) is 0 Å². The van der Waals surface area contributed by atoms with Crippen molar-refractivity contribution in [2.45, 2.75) is 6.92 Å². The fourth-order valence-electron chi connectivity index (χ4n) is 0.942. The Bertz CT molecular complexity index is 429. The SMILES string of the molecule is Cc1ncnc2ncc(O)nc12. The van der Waals surface area contributed by atoms with E-state index in [0.717, 1.165) is 0 Å². The molecule has 2 heterocycles. The van der Waals surface area contributed by atoms with Gasteiger partial charge in [-0.15, -0.1) is 0 Å². The van der Waals surface area contributed by atoms with Crippen LogP contribution in [0.15, 0.2) is 12.5 Å². The van der Waals surface area contributed by atoms with Crippen LogP contribution < -0.4 is 0 Å². The Labute approximate surface area is 68.2 Å². The smallest absolute Gasteiger partial charge is 0.230 e. The zero-order valence-corrected chi connectivity index (χ0v) is 6.39. The van der Waals surface area contributed by atoms with Gasteiger partial charge in [-0.05, 0) is 6.92 Å². The Morgan fingerprint density at radius 2 is 2.08 bits per heavy atom. The van der Waals surface area contributed by atoms with E-state index in [1.165, 1.54) is 12.5 Å². The van der Waals surface area contributed by atoms with Gasteiger partial charge in [0, 0.05) is 0 Å². The predicted molar refractivity (Wildman–Crippen MR) is 41.5 cm³/mol. The molecular weight excluding hydrogens is 156 g/mol. The molecule has 2 rings (SSSR count). The van der Waals surface area contributed by atoms with Crippen molar-refractivity contribution in [3.8, 4) is 5.88 Å². The van der Waals surface area contributed by atoms with Gasteiger partial charge in [-0.1, -0.05) is 0 Å². The maximum Gasteiger partial charge on any atom is 0.230 e. The molecule has 1 N–H and O–H groups in total. The summed E-state index contributed by atoms with van der Waals surface area (Å²) in [5.74, 6) is -0.111. The Kier molecular flexibility index (Phi) is 1.36. The third kappa shape index (κ3) is 0.952. The van der Waals surface area contributed by atoms with Crippen LogP contribution in [0.5, 0.6) is 5.88 Å². The quantitative estimate of drug-likeness (QED) is 0.608. The lowest BCUT2D eigenvalue weighted by atomic mass is 10.4. The average molecular weight is 162 g/mol. The molecule has 0 aliphatic heterocycles. The summed E-state index contributed by atoms with van der Waals surface area (Å²) in [4.78, 5) is 15.5. The largest absolute Gasteiger partial charge is 0.492 e. The van der Waals surface area contributed by atoms with Crippen molar-refractivity contribution in [2.75, 3.05) is 0 Å². The van der Waals surface area contributed by atoms with Gasteiger partial charge in [-0.2, -0.15) is 0 Å². The van der Waals surface area contributed by atoms with Crippen molar-refractivity contribution >= 4 is 11.2 Å². The standard InChI is InChI=1S/C7H6N4O/c1-4-6-7(10-3-9-4)8-2-5(12)11-6/h2-3H,1H3,(H,11,12). The molecule has 0 aromatic carbocycles. The van der Waals surface area contributed by atoms with Gasteiger partial charge >= 0.3 is 0 Å². The molecule has 60 valence electrons. The van der Waals surface area contributed by atoms with Crippen LogP contribution in [0.2, 0.25) is 0 Å². The third-order valence-electron chi connectivity index (χ3n) is 1.51. The predicted octanol–water partition coefficient (Wildman–Crippen LogP) is 0.434. The zero-order chi connectivity index (χ0) is 8.55. The van der Waals surface area contributed by atoms with Gasteiger partial charge in [0.15, 0.2) is 5.65 Å². The van der Waals surface area contributed by atoms with Crippen molar-refractivity contribution in [3.63, 3.8) is 0 Å². The molecule has 5 nitrogen and oxygen atoms in total. The van der Waals surface area contributed by atoms with Crippen LogP contribution in [0.25, 0.3) is 11.2 Å². The monoisotopic (exact) mass is 162 g/mol. The molecule has 0 fully saturated rings. The lowest BCUT2D eigenvalue weighted by Gasteiger charge is -1.97. The first kappa shape index (κ1) is 6.90. The molecule has 12 heavy (non-hydrogen) atoms. The van der Waals surface area contributed by atoms with E-state index < -0.39 is 0 Å². The Morgan fingerprint density at radius 1 is 1.25 bits per heavy atom. The third-order valence-corrected chi connectivity index (χ3v) is 1.51. The average Bonchev–Trinajstić information content (AvgIpc) is 2.07. The van der Waals surface area contributed by atoms with Crippen LogP contribution >= 0.6 is 0 Å². The van der Waals surface area contributed by atoms with Gasteiger partial charge in [0.25, 0.3) is 0 Å². The first-order valence-corrected chi connectivity index (χ1v) is 3.40. The van der Waals surface area contributed by atoms with Crippen molar-refractivity contribution < 1.29 is 5.11 Å². The van der Waals surface area contributed by atoms with E-state index in [0.29, 0.717) is 16.9 Å². The highest BCUT2D eigenvalue weighted by molar-refractivity contribution is 5.71. The van der Waals surface area contributed by atoms with E-state index in [9.17, 15) is 0 Å². The fourth-order valence-corrected chi connectivity index (χ4v) is 0.942. The van der Waals surface area contributed by atoms with Gasteiger partial charge in [0.05, 0.1) is 11.9 Å². The second kappa shape index (κ2) is 2.37. The number of fused-ring (bicyclic) bond motifs is 1. The second-order valence-electron chi connectivity index (χ2n) is 2.36. The highest BCUT2D eigenvalue weighted by atomic mass is 16.3. The van der Waals surface area contributed by atoms with E-state index in [-0.39, 0.29) is 5.88 Å². The summed E-state index contributed by atoms with van der Waals surface area (Å²) >= 11 is 0. The Morgan fingerprint density at radius 3 is 2.92 bits per heavy atom. The second-order valence-corrected chi connectivity index (χ2v) is 2.36. The van der Waals surface area contributed by atoms with Crippen LogP contribution in [-0.4, -0.2) is 25.0 Å². The molecule has 0 unspecified atom stereocenters. The number of aromatic hydroxyl groups is 1. The van der Waals surface area contributed by atoms with Crippen molar-refractivity contribution in [3.05, 3.63) is 18.2 Å². The van der Waals surface area contributed by atoms with Crippen LogP contribution in [0.1, 0.15) is 5.69 Å². The fraction of sp³-hybridized carbons (Fsp3) is 0.143. The normalized spacial score (nSPS) is 10.4. The number of nitrogens with zero attached hydrogens (tertiary/aromatic N) is 4. The summed E-state index contributed by atoms with van der Waals surface area (Å²) in [6.07, 6.45) is 2.68. The summed E-state index contributed by atoms with van der Waals surface area (Å²) in [6.45, 7) is 1.79. The number of aromatic nitrogens is 4. The number of rotatable bonds is 0. The van der Waals surface area contributed by atoms with E-state index in [1.54, 1.807) is 6.92 Å². The molecule has 2 aromatic rings. The van der Waals surface area contributed by atoms with Crippen LogP contribution in [0.3, 0.4) is 0 Å². The molecular formula is C7H6N4O. The molecule has 0 saturated heterocycles. The van der Waals surface area contributed by atoms with Crippen LogP contribution in [0.4, 0.5) is 0 Å². The summed E-state index contributed by atoms with van der Waals surface area (Å²) in [6, 6.07) is 0. The highest BCUT2D eigenvalue weighted by Crippen LogP contribution is 2.11. The number of hydrogen-bond donors (Lipinski definition) is 1. The molecule has 0 saturated carbocycles. The van der Waals surface area contributed by atoms with Gasteiger partial charge in [0.2, 0.25) is 5.88 Å². The van der Waals surface area contributed by atoms with Gasteiger partial charge < -0.3 is 5.11 Å². The first-order valence-electron chi connectivity index (χ1n) is 3.40. The lowest BCUT2D eigenvalue weighted by Crippen LogP contribution is -1.92. The minimum Gasteiger partial charge on any atom is -0.492 e. The number of aryl methyl sites for hydroxylation is 1. The van der Waals surface area contributed by atoms with Crippen molar-refractivity contribution in [1.29, 1.82) is 0 Å². The maximum absolute atomic E-state index is 9.03. The Hall–Kier alpha value is -1.78. The first-order chi connectivity index (χ1) is 5.77. The van der Waals surface area contributed by atoms with Crippen molar-refractivity contribution in [1.82, 2.24) is 19.9 Å².